The van der Waals surface area contributed by atoms with Crippen LogP contribution in [0.4, 0.5) is 0 Å². The number of aromatic amines is 2. The fourth-order valence-corrected chi connectivity index (χ4v) is 11.3. The van der Waals surface area contributed by atoms with Crippen molar-refractivity contribution in [3.8, 4) is 23.0 Å². The molecule has 3 aliphatic rings. The molecule has 312 valence electrons. The number of nitrogens with one attached hydrogen (secondary N) is 2. The number of hydrogen-bond donors (Lipinski definition) is 2. The molecule has 0 radical (unpaired) electrons. The second kappa shape index (κ2) is 16.8. The summed E-state index contributed by atoms with van der Waals surface area (Å²) in [5, 5.41) is 1.91. The molecule has 0 aliphatic carbocycles. The minimum absolute atomic E-state index is 0.655. The first-order chi connectivity index (χ1) is 29.6. The Morgan fingerprint density at radius 3 is 1.92 bits per heavy atom. The molecular formula is C50H46I2N6O2S2+2. The van der Waals surface area contributed by atoms with E-state index in [0.717, 1.165) is 86.7 Å². The van der Waals surface area contributed by atoms with Crippen LogP contribution in [0.5, 0.6) is 23.0 Å². The average molecular weight is 1080 g/mol. The van der Waals surface area contributed by atoms with Crippen molar-refractivity contribution in [2.75, 3.05) is 42.3 Å². The van der Waals surface area contributed by atoms with Gasteiger partial charge in [-0.05, 0) is 167 Å². The number of nitrogens with zero attached hydrogens (tertiary/aromatic N) is 4. The zero-order valence-electron chi connectivity index (χ0n) is 35.2. The maximum absolute atomic E-state index is 6.49. The monoisotopic (exact) mass is 1080 g/mol. The summed E-state index contributed by atoms with van der Waals surface area (Å²) in [4.78, 5) is 20.5. The quantitative estimate of drug-likeness (QED) is 0.0471. The Balaban J connectivity index is 1.09. The van der Waals surface area contributed by atoms with Crippen LogP contribution in [-0.4, -0.2) is 75.0 Å². The van der Waals surface area contributed by atoms with Crippen molar-refractivity contribution in [1.82, 2.24) is 9.97 Å². The normalized spacial score (nSPS) is 19.5. The van der Waals surface area contributed by atoms with Gasteiger partial charge in [-0.2, -0.15) is 0 Å². The summed E-state index contributed by atoms with van der Waals surface area (Å²) in [6, 6.07) is 41.7. The Bertz CT molecular complexity index is 2970. The van der Waals surface area contributed by atoms with Crippen molar-refractivity contribution in [2.24, 2.45) is 9.98 Å². The lowest BCUT2D eigenvalue weighted by atomic mass is 9.88. The van der Waals surface area contributed by atoms with Crippen LogP contribution in [0, 0.1) is 0 Å². The summed E-state index contributed by atoms with van der Waals surface area (Å²) in [7, 11) is 13.0. The Kier molecular flexibility index (Phi) is 11.6. The van der Waals surface area contributed by atoms with E-state index in [0.29, 0.717) is 0 Å². The minimum Gasteiger partial charge on any atom is -0.457 e. The Morgan fingerprint density at radius 2 is 1.26 bits per heavy atom. The molecule has 0 saturated heterocycles. The number of quaternary nitrogens is 2. The lowest BCUT2D eigenvalue weighted by Gasteiger charge is -2.38. The lowest BCUT2D eigenvalue weighted by molar-refractivity contribution is -0.726. The summed E-state index contributed by atoms with van der Waals surface area (Å²) in [6.45, 7) is 0. The predicted octanol–water partition coefficient (Wildman–Crippen LogP) is 11.1. The van der Waals surface area contributed by atoms with Crippen LogP contribution in [0.3, 0.4) is 0 Å². The van der Waals surface area contributed by atoms with Gasteiger partial charge in [0.25, 0.3) is 0 Å². The highest BCUT2D eigenvalue weighted by atomic mass is 127. The fourth-order valence-electron chi connectivity index (χ4n) is 7.51. The Labute approximate surface area is 398 Å². The van der Waals surface area contributed by atoms with Gasteiger partial charge in [-0.15, -0.1) is 0 Å². The smallest absolute Gasteiger partial charge is 0.154 e. The minimum atomic E-state index is -0.698. The van der Waals surface area contributed by atoms with Crippen LogP contribution in [-0.2, 0) is 3.42 Å². The van der Waals surface area contributed by atoms with Crippen molar-refractivity contribution in [3.63, 3.8) is 0 Å². The second-order valence-corrected chi connectivity index (χ2v) is 23.7. The van der Waals surface area contributed by atoms with Crippen molar-refractivity contribution in [2.45, 2.75) is 16.8 Å². The number of H-pyrrole nitrogens is 2. The van der Waals surface area contributed by atoms with Crippen LogP contribution >= 0.6 is 69.1 Å². The molecule has 5 heterocycles. The Hall–Kier alpha value is -4.58. The number of allylic oxidation sites excluding steroid dienone is 4. The maximum atomic E-state index is 6.49. The van der Waals surface area contributed by atoms with Gasteiger partial charge in [-0.3, -0.25) is 12.8 Å². The SMILES string of the molecule is C[N+](C)(C)Sc1ccc(Oc2cccc(C3=c4ccc([nH]4)=Cc4ccc([nH]4)C(I)(c4cccc(Oc5ccc(S[N+](C)(C)C)cc5)c4)C4(I)C=CC(=N4)C=C4C=CC3=N4)c2)cc1. The van der Waals surface area contributed by atoms with Crippen LogP contribution < -0.4 is 20.2 Å². The Morgan fingerprint density at radius 1 is 0.613 bits per heavy atom. The molecule has 2 aromatic heterocycles. The molecule has 2 atom stereocenters. The summed E-state index contributed by atoms with van der Waals surface area (Å²) >= 11 is 8.66. The van der Waals surface area contributed by atoms with E-state index in [-0.39, 0.29) is 0 Å². The third-order valence-corrected chi connectivity index (χ3v) is 16.6. The average Bonchev–Trinajstić information content (AvgIpc) is 4.05. The molecular weight excluding hydrogens is 1030 g/mol. The van der Waals surface area contributed by atoms with Crippen LogP contribution in [0.25, 0.3) is 11.6 Å². The summed E-state index contributed by atoms with van der Waals surface area (Å²) in [5.41, 5.74) is 7.53. The molecule has 3 aliphatic heterocycles. The van der Waals surface area contributed by atoms with Gasteiger partial charge in [0.2, 0.25) is 0 Å². The zero-order chi connectivity index (χ0) is 43.3. The highest BCUT2D eigenvalue weighted by Gasteiger charge is 2.52. The van der Waals surface area contributed by atoms with E-state index >= 15 is 0 Å². The number of halogens is 2. The molecule has 4 aromatic carbocycles. The van der Waals surface area contributed by atoms with Gasteiger partial charge in [0.05, 0.1) is 69.2 Å². The van der Waals surface area contributed by atoms with E-state index in [1.807, 2.05) is 42.5 Å². The molecule has 9 rings (SSSR count). The summed E-state index contributed by atoms with van der Waals surface area (Å²) < 4.78 is 13.1. The van der Waals surface area contributed by atoms with Gasteiger partial charge >= 0.3 is 0 Å². The molecule has 8 nitrogen and oxygen atoms in total. The molecule has 62 heavy (non-hydrogen) atoms. The third kappa shape index (κ3) is 9.36. The summed E-state index contributed by atoms with van der Waals surface area (Å²) in [5.74, 6) is 3.08. The van der Waals surface area contributed by atoms with E-state index < -0.39 is 6.97 Å². The van der Waals surface area contributed by atoms with E-state index in [2.05, 4.69) is 213 Å². The number of hydrogen-bond acceptors (Lipinski definition) is 6. The molecule has 0 saturated carbocycles. The van der Waals surface area contributed by atoms with Crippen molar-refractivity contribution in [1.29, 1.82) is 0 Å². The van der Waals surface area contributed by atoms with Gasteiger partial charge in [-0.1, -0.05) is 46.9 Å². The van der Waals surface area contributed by atoms with Gasteiger partial charge in [-0.25, -0.2) is 4.99 Å². The molecule has 0 amide bonds. The van der Waals surface area contributed by atoms with Crippen molar-refractivity contribution < 1.29 is 17.3 Å². The number of aromatic nitrogens is 2. The van der Waals surface area contributed by atoms with E-state index in [4.69, 9.17) is 19.5 Å². The molecule has 2 N–H and O–H groups in total. The first-order valence-corrected chi connectivity index (χ1v) is 23.8. The predicted molar refractivity (Wildman–Crippen MR) is 273 cm³/mol. The number of fused-ring (bicyclic) bond motifs is 6. The molecule has 12 heteroatoms. The number of aliphatic imine (C=N–C) groups is 2. The van der Waals surface area contributed by atoms with Gasteiger partial charge in [0.1, 0.15) is 50.3 Å². The highest BCUT2D eigenvalue weighted by Crippen LogP contribution is 2.55. The van der Waals surface area contributed by atoms with Gasteiger partial charge in [0, 0.05) is 27.7 Å². The number of ether oxygens (including phenoxy) is 2. The van der Waals surface area contributed by atoms with Gasteiger partial charge in [0.15, 0.2) is 3.55 Å². The number of rotatable bonds is 10. The fraction of sp³-hybridized carbons (Fsp3) is 0.160. The van der Waals surface area contributed by atoms with Crippen LogP contribution in [0.2, 0.25) is 0 Å². The maximum Gasteiger partial charge on any atom is 0.154 e. The van der Waals surface area contributed by atoms with Gasteiger partial charge < -0.3 is 19.4 Å². The summed E-state index contributed by atoms with van der Waals surface area (Å²) in [6.07, 6.45) is 12.7. The van der Waals surface area contributed by atoms with Crippen molar-refractivity contribution in [3.05, 3.63) is 191 Å². The van der Waals surface area contributed by atoms with E-state index in [1.54, 1.807) is 23.9 Å². The van der Waals surface area contributed by atoms with Crippen LogP contribution in [0.15, 0.2) is 177 Å². The van der Waals surface area contributed by atoms with E-state index in [9.17, 15) is 0 Å². The number of alkyl halides is 2. The highest BCUT2D eigenvalue weighted by molar-refractivity contribution is 14.1. The van der Waals surface area contributed by atoms with E-state index in [1.165, 1.54) is 9.79 Å². The standard InChI is InChI=1S/C50H46I2N6O2S2/c1-57(2,3)61-43-20-16-39(17-21-43)59-41-11-7-9-33(29-41)48-45-24-13-35(53-45)31-37-15-26-47(55-37)50(52,49(51)28-27-38(56-49)32-36-14-25-46(48)54-36)34-10-8-12-42(30-34)60-40-18-22-44(23-19-40)62-58(4,5)6/h7-32,53,55H,1-6H3/q+2. The second-order valence-electron chi connectivity index (χ2n) is 16.9. The van der Waals surface area contributed by atoms with Crippen LogP contribution in [0.1, 0.15) is 22.5 Å². The molecule has 0 fully saturated rings. The number of benzene rings is 4. The topological polar surface area (TPSA) is 74.8 Å². The largest absolute Gasteiger partial charge is 0.457 e. The molecule has 6 aromatic rings. The third-order valence-electron chi connectivity index (χ3n) is 10.1. The zero-order valence-corrected chi connectivity index (χ0v) is 41.1. The molecule has 8 bridgehead atoms. The van der Waals surface area contributed by atoms with Crippen molar-refractivity contribution >= 4 is 92.2 Å². The first kappa shape index (κ1) is 42.7. The molecule has 0 spiro atoms. The first-order valence-electron chi connectivity index (χ1n) is 20.1. The lowest BCUT2D eigenvalue weighted by Crippen LogP contribution is -2.40. The molecule has 2 unspecified atom stereocenters.